The maximum absolute atomic E-state index is 11.1. The van der Waals surface area contributed by atoms with E-state index in [0.717, 1.165) is 10.6 Å². The number of nitrogens with zero attached hydrogens (tertiary/aromatic N) is 1. The summed E-state index contributed by atoms with van der Waals surface area (Å²) in [7, 11) is 1.34. The van der Waals surface area contributed by atoms with Crippen LogP contribution in [0.25, 0.3) is 0 Å². The van der Waals surface area contributed by atoms with Gasteiger partial charge in [0.2, 0.25) is 5.78 Å². The minimum absolute atomic E-state index is 0.0659. The first-order valence-corrected chi connectivity index (χ1v) is 3.97. The number of carbonyl (C=O) groups excluding carboxylic acids is 1. The van der Waals surface area contributed by atoms with Crippen LogP contribution in [0.4, 0.5) is 0 Å². The highest BCUT2D eigenvalue weighted by Crippen LogP contribution is 1.93. The Balaban J connectivity index is 3.16. The van der Waals surface area contributed by atoms with Gasteiger partial charge in [-0.3, -0.25) is 14.6 Å². The van der Waals surface area contributed by atoms with Crippen LogP contribution < -0.4 is 11.2 Å². The van der Waals surface area contributed by atoms with Crippen molar-refractivity contribution in [2.75, 3.05) is 0 Å². The van der Waals surface area contributed by atoms with Crippen molar-refractivity contribution in [2.45, 2.75) is 6.42 Å². The van der Waals surface area contributed by atoms with Gasteiger partial charge in [-0.1, -0.05) is 0 Å². The van der Waals surface area contributed by atoms with E-state index < -0.39 is 29.4 Å². The third-order valence-electron chi connectivity index (χ3n) is 1.84. The van der Waals surface area contributed by atoms with Gasteiger partial charge in [0.15, 0.2) is 0 Å². The number of carbonyl (C=O) groups is 2. The molecule has 7 heteroatoms. The number of hydrogen-bond acceptors (Lipinski definition) is 4. The molecule has 15 heavy (non-hydrogen) atoms. The van der Waals surface area contributed by atoms with Crippen LogP contribution in [-0.4, -0.2) is 26.4 Å². The molecule has 1 aromatic heterocycles. The number of ketones is 1. The van der Waals surface area contributed by atoms with E-state index in [0.29, 0.717) is 0 Å². The molecule has 0 amide bonds. The molecule has 0 saturated heterocycles. The average Bonchev–Trinajstić information content (AvgIpc) is 2.13. The first-order valence-electron chi connectivity index (χ1n) is 3.97. The molecule has 0 atom stereocenters. The second-order valence-corrected chi connectivity index (χ2v) is 2.89. The molecule has 0 fully saturated rings. The number of aromatic amines is 1. The highest BCUT2D eigenvalue weighted by atomic mass is 16.4. The summed E-state index contributed by atoms with van der Waals surface area (Å²) in [5.41, 5.74) is -1.28. The molecule has 0 aromatic carbocycles. The fraction of sp³-hybridized carbons (Fsp3) is 0.250. The normalized spacial score (nSPS) is 9.93. The quantitative estimate of drug-likeness (QED) is 0.578. The van der Waals surface area contributed by atoms with Gasteiger partial charge in [-0.2, -0.15) is 0 Å². The maximum atomic E-state index is 11.1. The van der Waals surface area contributed by atoms with Crippen molar-refractivity contribution in [2.24, 2.45) is 7.05 Å². The third kappa shape index (κ3) is 2.39. The largest absolute Gasteiger partial charge is 0.475 e. The lowest BCUT2D eigenvalue weighted by Gasteiger charge is -2.03. The van der Waals surface area contributed by atoms with Gasteiger partial charge < -0.3 is 9.67 Å². The molecule has 1 heterocycles. The smallest absolute Gasteiger partial charge is 0.372 e. The maximum Gasteiger partial charge on any atom is 0.372 e. The monoisotopic (exact) mass is 212 g/mol. The van der Waals surface area contributed by atoms with E-state index in [1.54, 1.807) is 0 Å². The predicted octanol–water partition coefficient (Wildman–Crippen LogP) is -1.73. The second kappa shape index (κ2) is 3.91. The van der Waals surface area contributed by atoms with Gasteiger partial charge in [0.25, 0.3) is 5.56 Å². The van der Waals surface area contributed by atoms with Crippen molar-refractivity contribution in [3.05, 3.63) is 32.6 Å². The molecule has 0 saturated carbocycles. The number of carboxylic acid groups (broad SMARTS) is 1. The van der Waals surface area contributed by atoms with Crippen LogP contribution in [0.1, 0.15) is 5.69 Å². The van der Waals surface area contributed by atoms with Crippen molar-refractivity contribution in [3.8, 4) is 0 Å². The third-order valence-corrected chi connectivity index (χ3v) is 1.84. The summed E-state index contributed by atoms with van der Waals surface area (Å²) in [4.78, 5) is 45.0. The van der Waals surface area contributed by atoms with Crippen molar-refractivity contribution in [1.82, 2.24) is 9.55 Å². The molecule has 80 valence electrons. The van der Waals surface area contributed by atoms with Gasteiger partial charge >= 0.3 is 11.7 Å². The number of hydrogen-bond donors (Lipinski definition) is 2. The zero-order chi connectivity index (χ0) is 11.6. The zero-order valence-corrected chi connectivity index (χ0v) is 7.81. The highest BCUT2D eigenvalue weighted by molar-refractivity contribution is 6.33. The number of nitrogens with one attached hydrogen (secondary N) is 1. The first-order chi connectivity index (χ1) is 6.91. The lowest BCUT2D eigenvalue weighted by Crippen LogP contribution is -2.31. The Kier molecular flexibility index (Phi) is 2.84. The number of H-pyrrole nitrogens is 1. The Morgan fingerprint density at radius 3 is 2.60 bits per heavy atom. The summed E-state index contributed by atoms with van der Waals surface area (Å²) in [5.74, 6) is -2.67. The Labute approximate surface area is 83.0 Å². The molecular formula is C8H8N2O5. The van der Waals surface area contributed by atoms with E-state index >= 15 is 0 Å². The molecule has 0 spiro atoms. The highest BCUT2D eigenvalue weighted by Gasteiger charge is 2.14. The molecule has 2 N–H and O–H groups in total. The Hall–Kier alpha value is -2.18. The zero-order valence-electron chi connectivity index (χ0n) is 7.81. The average molecular weight is 212 g/mol. The van der Waals surface area contributed by atoms with Gasteiger partial charge in [0.1, 0.15) is 0 Å². The van der Waals surface area contributed by atoms with Crippen LogP contribution in [0.15, 0.2) is 15.7 Å². The van der Waals surface area contributed by atoms with E-state index in [4.69, 9.17) is 5.11 Å². The summed E-state index contributed by atoms with van der Waals surface area (Å²) in [5, 5.41) is 8.35. The first kappa shape index (κ1) is 10.9. The fourth-order valence-electron chi connectivity index (χ4n) is 1.01. The van der Waals surface area contributed by atoms with Gasteiger partial charge in [-0.15, -0.1) is 0 Å². The molecular weight excluding hydrogens is 204 g/mol. The molecule has 7 nitrogen and oxygen atoms in total. The fourth-order valence-corrected chi connectivity index (χ4v) is 1.01. The van der Waals surface area contributed by atoms with Crippen LogP contribution in [0.5, 0.6) is 0 Å². The molecule has 0 unspecified atom stereocenters. The minimum Gasteiger partial charge on any atom is -0.475 e. The van der Waals surface area contributed by atoms with E-state index in [2.05, 4.69) is 0 Å². The van der Waals surface area contributed by atoms with Crippen LogP contribution in [0, 0.1) is 0 Å². The predicted molar refractivity (Wildman–Crippen MR) is 48.7 cm³/mol. The number of aromatic nitrogens is 2. The summed E-state index contributed by atoms with van der Waals surface area (Å²) in [6.45, 7) is 0. The van der Waals surface area contributed by atoms with E-state index in [9.17, 15) is 19.2 Å². The van der Waals surface area contributed by atoms with Gasteiger partial charge in [-0.05, 0) is 0 Å². The molecule has 0 bridgehead atoms. The molecule has 1 aromatic rings. The summed E-state index contributed by atoms with van der Waals surface area (Å²) < 4.78 is 1.02. The van der Waals surface area contributed by atoms with E-state index in [-0.39, 0.29) is 5.69 Å². The minimum atomic E-state index is -1.59. The van der Waals surface area contributed by atoms with Crippen LogP contribution in [-0.2, 0) is 23.1 Å². The Morgan fingerprint density at radius 2 is 2.07 bits per heavy atom. The van der Waals surface area contributed by atoms with E-state index in [1.807, 2.05) is 4.98 Å². The number of aliphatic carboxylic acids is 1. The Morgan fingerprint density at radius 1 is 1.47 bits per heavy atom. The SMILES string of the molecule is Cn1c(CC(=O)C(=O)O)cc(=O)[nH]c1=O. The number of Topliss-reactive ketones (excluding diaryl/α,β-unsaturated/α-hetero) is 1. The van der Waals surface area contributed by atoms with Crippen molar-refractivity contribution in [3.63, 3.8) is 0 Å². The van der Waals surface area contributed by atoms with E-state index in [1.165, 1.54) is 7.05 Å². The Bertz CT molecular complexity index is 525. The standard InChI is InChI=1S/C8H8N2O5/c1-10-4(2-5(11)7(13)14)3-6(12)9-8(10)15/h3H,2H2,1H3,(H,13,14)(H,9,12,15). The number of rotatable bonds is 3. The van der Waals surface area contributed by atoms with Crippen LogP contribution in [0.2, 0.25) is 0 Å². The lowest BCUT2D eigenvalue weighted by atomic mass is 10.2. The van der Waals surface area contributed by atoms with Crippen molar-refractivity contribution < 1.29 is 14.7 Å². The van der Waals surface area contributed by atoms with Crippen LogP contribution >= 0.6 is 0 Å². The molecule has 0 aliphatic heterocycles. The summed E-state index contributed by atoms with van der Waals surface area (Å²) in [6.07, 6.45) is -0.481. The van der Waals surface area contributed by atoms with Crippen molar-refractivity contribution >= 4 is 11.8 Å². The van der Waals surface area contributed by atoms with Gasteiger partial charge in [-0.25, -0.2) is 9.59 Å². The van der Waals surface area contributed by atoms with Crippen LogP contribution in [0.3, 0.4) is 0 Å². The summed E-state index contributed by atoms with van der Waals surface area (Å²) in [6, 6.07) is 1.02. The van der Waals surface area contributed by atoms with Gasteiger partial charge in [0, 0.05) is 18.8 Å². The lowest BCUT2D eigenvalue weighted by molar-refractivity contribution is -0.148. The van der Waals surface area contributed by atoms with Crippen molar-refractivity contribution in [1.29, 1.82) is 0 Å². The summed E-state index contributed by atoms with van der Waals surface area (Å²) >= 11 is 0. The molecule has 0 aliphatic rings. The molecule has 1 rings (SSSR count). The topological polar surface area (TPSA) is 109 Å². The second-order valence-electron chi connectivity index (χ2n) is 2.89. The molecule has 0 radical (unpaired) electrons. The molecule has 0 aliphatic carbocycles. The van der Waals surface area contributed by atoms with Gasteiger partial charge in [0.05, 0.1) is 6.42 Å². The number of carboxylic acids is 1.